The third kappa shape index (κ3) is 3.44. The summed E-state index contributed by atoms with van der Waals surface area (Å²) in [6.07, 6.45) is 2.04. The van der Waals surface area contributed by atoms with E-state index in [1.165, 1.54) is 6.20 Å². The Hall–Kier alpha value is -1.70. The lowest BCUT2D eigenvalue weighted by atomic mass is 10.1. The fraction of sp³-hybridized carbons (Fsp3) is 0.308. The average Bonchev–Trinajstić information content (AvgIpc) is 2.88. The van der Waals surface area contributed by atoms with E-state index in [2.05, 4.69) is 14.9 Å². The lowest BCUT2D eigenvalue weighted by Crippen LogP contribution is -2.35. The van der Waals surface area contributed by atoms with Crippen LogP contribution >= 0.6 is 0 Å². The predicted molar refractivity (Wildman–Crippen MR) is 76.4 cm³/mol. The highest BCUT2D eigenvalue weighted by Crippen LogP contribution is 2.12. The quantitative estimate of drug-likeness (QED) is 0.732. The summed E-state index contributed by atoms with van der Waals surface area (Å²) >= 11 is 0. The molecule has 7 heteroatoms. The lowest BCUT2D eigenvalue weighted by molar-refractivity contribution is 0.554. The van der Waals surface area contributed by atoms with Crippen LogP contribution < -0.4 is 10.5 Å². The Kier molecular flexibility index (Phi) is 4.53. The van der Waals surface area contributed by atoms with Crippen molar-refractivity contribution in [2.45, 2.75) is 31.0 Å². The van der Waals surface area contributed by atoms with Gasteiger partial charge in [0.05, 0.1) is 6.20 Å². The van der Waals surface area contributed by atoms with E-state index in [4.69, 9.17) is 5.73 Å². The minimum absolute atomic E-state index is 0.0416. The fourth-order valence-corrected chi connectivity index (χ4v) is 3.40. The van der Waals surface area contributed by atoms with E-state index in [1.807, 2.05) is 37.3 Å². The van der Waals surface area contributed by atoms with Crippen molar-refractivity contribution in [3.63, 3.8) is 0 Å². The second-order valence-electron chi connectivity index (χ2n) is 4.64. The van der Waals surface area contributed by atoms with Crippen LogP contribution in [0.5, 0.6) is 0 Å². The molecule has 2 rings (SSSR count). The van der Waals surface area contributed by atoms with Crippen LogP contribution in [0.15, 0.2) is 41.6 Å². The molecule has 20 heavy (non-hydrogen) atoms. The number of rotatable bonds is 6. The second-order valence-corrected chi connectivity index (χ2v) is 6.29. The van der Waals surface area contributed by atoms with Crippen molar-refractivity contribution in [1.29, 1.82) is 0 Å². The van der Waals surface area contributed by atoms with Crippen molar-refractivity contribution in [2.24, 2.45) is 5.73 Å². The van der Waals surface area contributed by atoms with Crippen molar-refractivity contribution < 1.29 is 8.42 Å². The van der Waals surface area contributed by atoms with Crippen LogP contribution in [-0.2, 0) is 23.0 Å². The topological polar surface area (TPSA) is 101 Å². The molecular formula is C13H18N4O2S. The van der Waals surface area contributed by atoms with Gasteiger partial charge in [-0.1, -0.05) is 30.3 Å². The summed E-state index contributed by atoms with van der Waals surface area (Å²) in [7, 11) is -3.63. The van der Waals surface area contributed by atoms with Gasteiger partial charge in [0, 0.05) is 18.2 Å². The molecule has 0 saturated carbocycles. The highest BCUT2D eigenvalue weighted by atomic mass is 32.2. The summed E-state index contributed by atoms with van der Waals surface area (Å²) < 4.78 is 27.1. The van der Waals surface area contributed by atoms with Crippen LogP contribution in [0.1, 0.15) is 18.1 Å². The number of benzene rings is 1. The Morgan fingerprint density at radius 3 is 2.70 bits per heavy atom. The van der Waals surface area contributed by atoms with Crippen LogP contribution in [0.25, 0.3) is 0 Å². The van der Waals surface area contributed by atoms with Crippen molar-refractivity contribution in [2.75, 3.05) is 0 Å². The van der Waals surface area contributed by atoms with Gasteiger partial charge in [0.25, 0.3) is 10.0 Å². The van der Waals surface area contributed by atoms with Gasteiger partial charge >= 0.3 is 0 Å². The number of hydrogen-bond donors (Lipinski definition) is 3. The van der Waals surface area contributed by atoms with Gasteiger partial charge in [-0.05, 0) is 18.9 Å². The predicted octanol–water partition coefficient (Wildman–Crippen LogP) is 0.778. The SMILES string of the molecule is CC(Cc1ccccc1)NS(=O)(=O)c1[nH]ncc1CN. The Bertz CT molecular complexity index is 652. The fourth-order valence-electron chi connectivity index (χ4n) is 2.01. The lowest BCUT2D eigenvalue weighted by Gasteiger charge is -2.14. The molecule has 1 aromatic heterocycles. The highest BCUT2D eigenvalue weighted by molar-refractivity contribution is 7.89. The van der Waals surface area contributed by atoms with Gasteiger partial charge < -0.3 is 5.73 Å². The average molecular weight is 294 g/mol. The Balaban J connectivity index is 2.09. The van der Waals surface area contributed by atoms with E-state index in [0.717, 1.165) is 5.56 Å². The summed E-state index contributed by atoms with van der Waals surface area (Å²) in [5.41, 5.74) is 7.05. The van der Waals surface area contributed by atoms with E-state index in [0.29, 0.717) is 12.0 Å². The maximum atomic E-state index is 12.2. The number of sulfonamides is 1. The molecule has 0 spiro atoms. The minimum atomic E-state index is -3.63. The molecule has 0 amide bonds. The molecule has 0 aliphatic carbocycles. The summed E-state index contributed by atoms with van der Waals surface area (Å²) in [6, 6.07) is 9.49. The molecule has 0 bridgehead atoms. The maximum absolute atomic E-state index is 12.2. The highest BCUT2D eigenvalue weighted by Gasteiger charge is 2.22. The zero-order chi connectivity index (χ0) is 14.6. The number of H-pyrrole nitrogens is 1. The summed E-state index contributed by atoms with van der Waals surface area (Å²) in [5.74, 6) is 0. The number of aromatic amines is 1. The Morgan fingerprint density at radius 2 is 2.05 bits per heavy atom. The molecule has 1 heterocycles. The normalized spacial score (nSPS) is 13.3. The number of nitrogens with two attached hydrogens (primary N) is 1. The molecule has 1 atom stereocenters. The molecule has 108 valence electrons. The first kappa shape index (κ1) is 14.7. The van der Waals surface area contributed by atoms with Gasteiger partial charge in [0.1, 0.15) is 0 Å². The van der Waals surface area contributed by atoms with E-state index in [9.17, 15) is 8.42 Å². The summed E-state index contributed by atoms with van der Waals surface area (Å²) in [6.45, 7) is 1.95. The molecule has 0 fully saturated rings. The van der Waals surface area contributed by atoms with Gasteiger partial charge in [-0.25, -0.2) is 13.1 Å². The van der Waals surface area contributed by atoms with Gasteiger partial charge in [-0.2, -0.15) is 5.10 Å². The van der Waals surface area contributed by atoms with E-state index < -0.39 is 10.0 Å². The molecule has 0 radical (unpaired) electrons. The third-order valence-corrected chi connectivity index (χ3v) is 4.51. The van der Waals surface area contributed by atoms with Crippen LogP contribution in [0, 0.1) is 0 Å². The first-order valence-corrected chi connectivity index (χ1v) is 7.80. The molecule has 1 unspecified atom stereocenters. The van der Waals surface area contributed by atoms with E-state index in [1.54, 1.807) is 0 Å². The van der Waals surface area contributed by atoms with Gasteiger partial charge in [-0.3, -0.25) is 5.10 Å². The van der Waals surface area contributed by atoms with Crippen LogP contribution in [0.3, 0.4) is 0 Å². The first-order valence-electron chi connectivity index (χ1n) is 6.31. The standard InChI is InChI=1S/C13H18N4O2S/c1-10(7-11-5-3-2-4-6-11)17-20(18,19)13-12(8-14)9-15-16-13/h2-6,9-10,17H,7-8,14H2,1H3,(H,15,16). The molecule has 6 nitrogen and oxygen atoms in total. The molecular weight excluding hydrogens is 276 g/mol. The summed E-state index contributed by atoms with van der Waals surface area (Å²) in [4.78, 5) is 0. The van der Waals surface area contributed by atoms with Crippen molar-refractivity contribution >= 4 is 10.0 Å². The third-order valence-electron chi connectivity index (χ3n) is 2.91. The number of nitrogens with zero attached hydrogens (tertiary/aromatic N) is 1. The van der Waals surface area contributed by atoms with E-state index in [-0.39, 0.29) is 17.6 Å². The monoisotopic (exact) mass is 294 g/mol. The van der Waals surface area contributed by atoms with Crippen LogP contribution in [0.4, 0.5) is 0 Å². The van der Waals surface area contributed by atoms with Gasteiger partial charge in [0.2, 0.25) is 0 Å². The molecule has 1 aromatic carbocycles. The molecule has 2 aromatic rings. The number of hydrogen-bond acceptors (Lipinski definition) is 4. The van der Waals surface area contributed by atoms with Crippen molar-refractivity contribution in [3.8, 4) is 0 Å². The second kappa shape index (κ2) is 6.17. The zero-order valence-corrected chi connectivity index (χ0v) is 12.0. The molecule has 0 saturated heterocycles. The van der Waals surface area contributed by atoms with E-state index >= 15 is 0 Å². The van der Waals surface area contributed by atoms with Crippen molar-refractivity contribution in [3.05, 3.63) is 47.7 Å². The zero-order valence-electron chi connectivity index (χ0n) is 11.2. The Morgan fingerprint density at radius 1 is 1.35 bits per heavy atom. The smallest absolute Gasteiger partial charge is 0.258 e. The molecule has 0 aliphatic heterocycles. The number of nitrogens with one attached hydrogen (secondary N) is 2. The molecule has 4 N–H and O–H groups in total. The van der Waals surface area contributed by atoms with Gasteiger partial charge in [0.15, 0.2) is 5.03 Å². The van der Waals surface area contributed by atoms with Crippen LogP contribution in [0.2, 0.25) is 0 Å². The first-order chi connectivity index (χ1) is 9.53. The molecule has 0 aliphatic rings. The van der Waals surface area contributed by atoms with Crippen molar-refractivity contribution in [1.82, 2.24) is 14.9 Å². The van der Waals surface area contributed by atoms with Gasteiger partial charge in [-0.15, -0.1) is 0 Å². The number of aromatic nitrogens is 2. The van der Waals surface area contributed by atoms with Crippen LogP contribution in [-0.4, -0.2) is 24.7 Å². The Labute approximate surface area is 118 Å². The minimum Gasteiger partial charge on any atom is -0.326 e. The summed E-state index contributed by atoms with van der Waals surface area (Å²) in [5, 5.41) is 6.25. The maximum Gasteiger partial charge on any atom is 0.258 e. The largest absolute Gasteiger partial charge is 0.326 e.